The van der Waals surface area contributed by atoms with Crippen molar-refractivity contribution in [1.29, 1.82) is 0 Å². The molecule has 0 aromatic carbocycles. The molecule has 0 aromatic heterocycles. The van der Waals surface area contributed by atoms with Gasteiger partial charge in [0.1, 0.15) is 0 Å². The van der Waals surface area contributed by atoms with Crippen LogP contribution in [0.2, 0.25) is 0 Å². The fourth-order valence-electron chi connectivity index (χ4n) is 0.992. The smallest absolute Gasteiger partial charge is 0.0594 e. The van der Waals surface area contributed by atoms with Crippen molar-refractivity contribution in [3.8, 4) is 0 Å². The highest BCUT2D eigenvalue weighted by molar-refractivity contribution is 4.71. The van der Waals surface area contributed by atoms with Crippen LogP contribution in [0.25, 0.3) is 0 Å². The normalized spacial score (nSPS) is 14.8. The van der Waals surface area contributed by atoms with E-state index < -0.39 is 0 Å². The molecule has 0 heterocycles. The Hall–Kier alpha value is -0.0800. The van der Waals surface area contributed by atoms with Gasteiger partial charge in [0.2, 0.25) is 0 Å². The first-order chi connectivity index (χ1) is 6.34. The van der Waals surface area contributed by atoms with E-state index >= 15 is 0 Å². The molecule has 86 valence electrons. The minimum absolute atomic E-state index is 0.344. The summed E-state index contributed by atoms with van der Waals surface area (Å²) >= 11 is 0. The van der Waals surface area contributed by atoms with E-state index in [-0.39, 0.29) is 0 Å². The molecule has 1 unspecified atom stereocenters. The van der Waals surface area contributed by atoms with Gasteiger partial charge in [-0.2, -0.15) is 0 Å². The predicted octanol–water partition coefficient (Wildman–Crippen LogP) is 2.68. The molecule has 2 heteroatoms. The lowest BCUT2D eigenvalue weighted by atomic mass is 9.82. The van der Waals surface area contributed by atoms with E-state index in [1.807, 2.05) is 0 Å². The summed E-state index contributed by atoms with van der Waals surface area (Å²) in [5.41, 5.74) is 0.395. The molecule has 2 nitrogen and oxygen atoms in total. The molecule has 0 aliphatic carbocycles. The maximum Gasteiger partial charge on any atom is 0.0594 e. The minimum Gasteiger partial charge on any atom is -0.377 e. The monoisotopic (exact) mass is 201 g/mol. The van der Waals surface area contributed by atoms with Gasteiger partial charge in [-0.1, -0.05) is 27.7 Å². The van der Waals surface area contributed by atoms with Crippen molar-refractivity contribution in [2.45, 2.75) is 47.6 Å². The zero-order chi connectivity index (χ0) is 11.2. The van der Waals surface area contributed by atoms with Crippen molar-refractivity contribution in [3.05, 3.63) is 0 Å². The lowest BCUT2D eigenvalue weighted by Gasteiger charge is -2.27. The fraction of sp³-hybridized carbons (Fsp3) is 1.00. The Kier molecular flexibility index (Phi) is 6.38. The van der Waals surface area contributed by atoms with Gasteiger partial charge in [0.05, 0.1) is 12.7 Å². The second-order valence-corrected chi connectivity index (χ2v) is 5.39. The second-order valence-electron chi connectivity index (χ2n) is 5.39. The van der Waals surface area contributed by atoms with E-state index in [2.05, 4.69) is 46.9 Å². The van der Waals surface area contributed by atoms with Crippen molar-refractivity contribution in [2.75, 3.05) is 19.7 Å². The third kappa shape index (κ3) is 7.34. The fourth-order valence-corrected chi connectivity index (χ4v) is 0.992. The zero-order valence-corrected chi connectivity index (χ0v) is 10.7. The number of nitrogens with one attached hydrogen (secondary N) is 1. The van der Waals surface area contributed by atoms with Gasteiger partial charge in [-0.25, -0.2) is 0 Å². The van der Waals surface area contributed by atoms with Crippen molar-refractivity contribution < 1.29 is 4.74 Å². The third-order valence-electron chi connectivity index (χ3n) is 2.66. The minimum atomic E-state index is 0.344. The van der Waals surface area contributed by atoms with Gasteiger partial charge in [0.15, 0.2) is 0 Å². The second kappa shape index (κ2) is 6.41. The lowest BCUT2D eigenvalue weighted by Crippen LogP contribution is -2.32. The summed E-state index contributed by atoms with van der Waals surface area (Å²) in [5, 5.41) is 3.42. The molecular weight excluding hydrogens is 174 g/mol. The summed E-state index contributed by atoms with van der Waals surface area (Å²) in [6.45, 7) is 16.1. The molecule has 0 rings (SSSR count). The van der Waals surface area contributed by atoms with Gasteiger partial charge in [-0.05, 0) is 31.7 Å². The number of ether oxygens (including phenoxy) is 1. The summed E-state index contributed by atoms with van der Waals surface area (Å²) in [6.07, 6.45) is 0.344. The van der Waals surface area contributed by atoms with E-state index in [1.165, 1.54) is 0 Å². The summed E-state index contributed by atoms with van der Waals surface area (Å²) in [6, 6.07) is 0. The Labute approximate surface area is 89.4 Å². The topological polar surface area (TPSA) is 21.3 Å². The molecule has 0 aromatic rings. The van der Waals surface area contributed by atoms with E-state index in [4.69, 9.17) is 4.74 Å². The Bertz CT molecular complexity index is 138. The van der Waals surface area contributed by atoms with Crippen LogP contribution in [-0.4, -0.2) is 25.8 Å². The maximum absolute atomic E-state index is 5.45. The Morgan fingerprint density at radius 1 is 1.14 bits per heavy atom. The van der Waals surface area contributed by atoms with E-state index in [0.717, 1.165) is 19.7 Å². The highest BCUT2D eigenvalue weighted by atomic mass is 16.5. The summed E-state index contributed by atoms with van der Waals surface area (Å²) < 4.78 is 5.45. The first kappa shape index (κ1) is 13.9. The van der Waals surface area contributed by atoms with Gasteiger partial charge >= 0.3 is 0 Å². The van der Waals surface area contributed by atoms with E-state index in [1.54, 1.807) is 0 Å². The summed E-state index contributed by atoms with van der Waals surface area (Å²) in [7, 11) is 0. The van der Waals surface area contributed by atoms with Crippen LogP contribution in [0.15, 0.2) is 0 Å². The van der Waals surface area contributed by atoms with Crippen LogP contribution in [0.3, 0.4) is 0 Å². The largest absolute Gasteiger partial charge is 0.377 e. The first-order valence-electron chi connectivity index (χ1n) is 5.66. The molecular formula is C12H27NO. The van der Waals surface area contributed by atoms with Gasteiger partial charge < -0.3 is 10.1 Å². The number of hydrogen-bond donors (Lipinski definition) is 1. The lowest BCUT2D eigenvalue weighted by molar-refractivity contribution is 0.0794. The molecule has 1 N–H and O–H groups in total. The van der Waals surface area contributed by atoms with Crippen molar-refractivity contribution in [1.82, 2.24) is 5.32 Å². The van der Waals surface area contributed by atoms with Crippen LogP contribution in [0, 0.1) is 11.3 Å². The quantitative estimate of drug-likeness (QED) is 0.667. The van der Waals surface area contributed by atoms with Crippen LogP contribution < -0.4 is 5.32 Å². The van der Waals surface area contributed by atoms with Crippen LogP contribution in [0.5, 0.6) is 0 Å². The van der Waals surface area contributed by atoms with Crippen LogP contribution in [0.1, 0.15) is 41.5 Å². The number of hydrogen-bond acceptors (Lipinski definition) is 2. The Balaban J connectivity index is 3.37. The molecule has 0 saturated carbocycles. The zero-order valence-electron chi connectivity index (χ0n) is 10.7. The van der Waals surface area contributed by atoms with Gasteiger partial charge in [0.25, 0.3) is 0 Å². The molecule has 0 radical (unpaired) electrons. The Morgan fingerprint density at radius 3 is 2.14 bits per heavy atom. The molecule has 0 fully saturated rings. The highest BCUT2D eigenvalue weighted by Gasteiger charge is 2.18. The van der Waals surface area contributed by atoms with Crippen LogP contribution >= 0.6 is 0 Å². The average molecular weight is 201 g/mol. The van der Waals surface area contributed by atoms with Crippen molar-refractivity contribution >= 4 is 0 Å². The van der Waals surface area contributed by atoms with E-state index in [9.17, 15) is 0 Å². The van der Waals surface area contributed by atoms with Crippen molar-refractivity contribution in [2.24, 2.45) is 11.3 Å². The predicted molar refractivity (Wildman–Crippen MR) is 62.6 cm³/mol. The highest BCUT2D eigenvalue weighted by Crippen LogP contribution is 2.24. The molecule has 14 heavy (non-hydrogen) atoms. The first-order valence-corrected chi connectivity index (χ1v) is 5.66. The van der Waals surface area contributed by atoms with Gasteiger partial charge in [0, 0.05) is 6.54 Å². The van der Waals surface area contributed by atoms with Crippen LogP contribution in [-0.2, 0) is 4.74 Å². The van der Waals surface area contributed by atoms with Gasteiger partial charge in [-0.3, -0.25) is 0 Å². The summed E-state index contributed by atoms with van der Waals surface area (Å²) in [5.74, 6) is 0.696. The van der Waals surface area contributed by atoms with Crippen LogP contribution in [0.4, 0.5) is 0 Å². The Morgan fingerprint density at radius 2 is 1.71 bits per heavy atom. The number of rotatable bonds is 6. The molecule has 0 bridgehead atoms. The molecule has 0 aliphatic heterocycles. The van der Waals surface area contributed by atoms with Crippen molar-refractivity contribution in [3.63, 3.8) is 0 Å². The molecule has 0 spiro atoms. The molecule has 0 saturated heterocycles. The standard InChI is InChI=1S/C12H27NO/c1-10(2)14-8-7-13-9-11(3)12(4,5)6/h10-11,13H,7-9H2,1-6H3. The SMILES string of the molecule is CC(C)OCCNCC(C)C(C)(C)C. The van der Waals surface area contributed by atoms with Gasteiger partial charge in [-0.15, -0.1) is 0 Å². The maximum atomic E-state index is 5.45. The van der Waals surface area contributed by atoms with E-state index in [0.29, 0.717) is 17.4 Å². The molecule has 0 aliphatic rings. The summed E-state index contributed by atoms with van der Waals surface area (Å²) in [4.78, 5) is 0. The average Bonchev–Trinajstić information content (AvgIpc) is 2.01. The third-order valence-corrected chi connectivity index (χ3v) is 2.66. The molecule has 0 amide bonds. The molecule has 1 atom stereocenters.